The molecule has 1 N–H and O–H groups in total. The number of benzene rings is 1. The molecule has 0 amide bonds. The van der Waals surface area contributed by atoms with E-state index in [-0.39, 0.29) is 18.8 Å². The lowest BCUT2D eigenvalue weighted by Crippen LogP contribution is -2.55. The molecule has 2 rings (SSSR count). The van der Waals surface area contributed by atoms with Gasteiger partial charge in [0.25, 0.3) is 0 Å². The number of ketones is 1. The largest absolute Gasteiger partial charge is 0.466 e. The summed E-state index contributed by atoms with van der Waals surface area (Å²) in [7, 11) is 0. The molecule has 1 aliphatic carbocycles. The van der Waals surface area contributed by atoms with Gasteiger partial charge in [0.15, 0.2) is 5.78 Å². The predicted octanol–water partition coefficient (Wildman–Crippen LogP) is 1.99. The summed E-state index contributed by atoms with van der Waals surface area (Å²) < 4.78 is 23.9. The van der Waals surface area contributed by atoms with E-state index >= 15 is 0 Å². The summed E-state index contributed by atoms with van der Waals surface area (Å²) in [5.41, 5.74) is -1.47. The van der Waals surface area contributed by atoms with Crippen molar-refractivity contribution in [2.75, 3.05) is 13.2 Å². The molecule has 6 nitrogen and oxygen atoms in total. The van der Waals surface area contributed by atoms with Crippen LogP contribution in [0, 0.1) is 17.7 Å². The fourth-order valence-corrected chi connectivity index (χ4v) is 3.59. The lowest BCUT2D eigenvalue weighted by atomic mass is 9.61. The van der Waals surface area contributed by atoms with Crippen molar-refractivity contribution in [3.63, 3.8) is 0 Å². The number of rotatable bonds is 5. The molecular weight excluding hydrogens is 343 g/mol. The van der Waals surface area contributed by atoms with Crippen LogP contribution in [0.4, 0.5) is 4.39 Å². The number of aliphatic hydroxyl groups is 1. The van der Waals surface area contributed by atoms with Crippen LogP contribution >= 0.6 is 0 Å². The summed E-state index contributed by atoms with van der Waals surface area (Å²) in [5, 5.41) is 10.8. The molecule has 0 heterocycles. The first kappa shape index (κ1) is 20.0. The van der Waals surface area contributed by atoms with Crippen LogP contribution in [0.3, 0.4) is 0 Å². The molecule has 0 aromatic heterocycles. The maximum Gasteiger partial charge on any atom is 0.317 e. The summed E-state index contributed by atoms with van der Waals surface area (Å²) in [6.07, 6.45) is -0.397. The highest BCUT2D eigenvalue weighted by atomic mass is 19.1. The average molecular weight is 366 g/mol. The standard InChI is InChI=1S/C19H23FO6/c1-4-25-17(22)15-13(21)10-19(3,24)16(18(23)26-5-2)14(15)11-7-6-8-12(20)9-11/h6-9,14-16,24H,4-5,10H2,1-3H3/t14-,15+,16-,19+/m1/s1. The molecule has 0 radical (unpaired) electrons. The molecule has 4 atom stereocenters. The molecule has 7 heteroatoms. The van der Waals surface area contributed by atoms with E-state index in [4.69, 9.17) is 9.47 Å². The number of halogens is 1. The van der Waals surface area contributed by atoms with E-state index in [1.807, 2.05) is 0 Å². The van der Waals surface area contributed by atoms with Crippen LogP contribution < -0.4 is 0 Å². The van der Waals surface area contributed by atoms with Crippen LogP contribution in [-0.2, 0) is 23.9 Å². The molecule has 1 saturated carbocycles. The topological polar surface area (TPSA) is 89.9 Å². The van der Waals surface area contributed by atoms with Crippen molar-refractivity contribution in [1.29, 1.82) is 0 Å². The van der Waals surface area contributed by atoms with Gasteiger partial charge in [0.1, 0.15) is 11.7 Å². The van der Waals surface area contributed by atoms with E-state index in [0.29, 0.717) is 0 Å². The Labute approximate surface area is 151 Å². The first-order valence-corrected chi connectivity index (χ1v) is 8.56. The van der Waals surface area contributed by atoms with Crippen LogP contribution in [0.5, 0.6) is 0 Å². The third kappa shape index (κ3) is 3.93. The van der Waals surface area contributed by atoms with Crippen LogP contribution in [0.15, 0.2) is 24.3 Å². The quantitative estimate of drug-likeness (QED) is 0.633. The van der Waals surface area contributed by atoms with E-state index in [1.54, 1.807) is 13.8 Å². The minimum Gasteiger partial charge on any atom is -0.466 e. The third-order valence-electron chi connectivity index (χ3n) is 4.58. The Bertz CT molecular complexity index is 699. The molecule has 26 heavy (non-hydrogen) atoms. The van der Waals surface area contributed by atoms with Gasteiger partial charge in [-0.3, -0.25) is 14.4 Å². The second-order valence-electron chi connectivity index (χ2n) is 6.54. The molecule has 0 spiro atoms. The minimum atomic E-state index is -1.73. The summed E-state index contributed by atoms with van der Waals surface area (Å²) >= 11 is 0. The third-order valence-corrected chi connectivity index (χ3v) is 4.58. The molecule has 0 saturated heterocycles. The molecule has 0 unspecified atom stereocenters. The van der Waals surface area contributed by atoms with Crippen molar-refractivity contribution in [2.45, 2.75) is 38.7 Å². The van der Waals surface area contributed by atoms with Gasteiger partial charge in [0.2, 0.25) is 0 Å². The van der Waals surface area contributed by atoms with E-state index in [9.17, 15) is 23.9 Å². The molecule has 142 valence electrons. The van der Waals surface area contributed by atoms with Crippen molar-refractivity contribution in [3.05, 3.63) is 35.6 Å². The Morgan fingerprint density at radius 2 is 1.85 bits per heavy atom. The van der Waals surface area contributed by atoms with Gasteiger partial charge in [-0.05, 0) is 38.5 Å². The van der Waals surface area contributed by atoms with Gasteiger partial charge in [-0.15, -0.1) is 0 Å². The highest BCUT2D eigenvalue weighted by molar-refractivity contribution is 6.02. The van der Waals surface area contributed by atoms with Crippen molar-refractivity contribution < 1.29 is 33.4 Å². The van der Waals surface area contributed by atoms with E-state index in [1.165, 1.54) is 25.1 Å². The first-order valence-electron chi connectivity index (χ1n) is 8.56. The molecule has 1 aromatic carbocycles. The Kier molecular flexibility index (Phi) is 6.13. The molecule has 1 fully saturated rings. The van der Waals surface area contributed by atoms with Crippen LogP contribution in [0.1, 0.15) is 38.7 Å². The zero-order valence-corrected chi connectivity index (χ0v) is 15.0. The molecular formula is C19H23FO6. The Morgan fingerprint density at radius 1 is 1.23 bits per heavy atom. The highest BCUT2D eigenvalue weighted by Crippen LogP contribution is 2.46. The maximum absolute atomic E-state index is 13.8. The van der Waals surface area contributed by atoms with Crippen molar-refractivity contribution >= 4 is 17.7 Å². The summed E-state index contributed by atoms with van der Waals surface area (Å²) in [6.45, 7) is 4.68. The zero-order valence-electron chi connectivity index (χ0n) is 15.0. The van der Waals surface area contributed by atoms with Gasteiger partial charge in [-0.1, -0.05) is 12.1 Å². The SMILES string of the molecule is CCOC(=O)[C@H]1C(=O)C[C@](C)(O)[C@@H](C(=O)OCC)[C@@H]1c1cccc(F)c1. The Hall–Kier alpha value is -2.28. The number of Topliss-reactive ketones (excluding diaryl/α,β-unsaturated/α-hetero) is 1. The number of carbonyl (C=O) groups is 3. The minimum absolute atomic E-state index is 0.0545. The van der Waals surface area contributed by atoms with Gasteiger partial charge >= 0.3 is 11.9 Å². The van der Waals surface area contributed by atoms with Gasteiger partial charge in [-0.25, -0.2) is 4.39 Å². The second kappa shape index (κ2) is 7.95. The van der Waals surface area contributed by atoms with Crippen molar-refractivity contribution in [2.24, 2.45) is 11.8 Å². The lowest BCUT2D eigenvalue weighted by molar-refractivity contribution is -0.172. The van der Waals surface area contributed by atoms with Crippen LogP contribution in [0.25, 0.3) is 0 Å². The number of ether oxygens (including phenoxy) is 2. The fourth-order valence-electron chi connectivity index (χ4n) is 3.59. The van der Waals surface area contributed by atoms with E-state index < -0.39 is 53.3 Å². The van der Waals surface area contributed by atoms with E-state index in [2.05, 4.69) is 0 Å². The lowest BCUT2D eigenvalue weighted by Gasteiger charge is -2.43. The molecule has 1 aromatic rings. The number of hydrogen-bond acceptors (Lipinski definition) is 6. The predicted molar refractivity (Wildman–Crippen MR) is 89.6 cm³/mol. The van der Waals surface area contributed by atoms with Gasteiger partial charge in [0.05, 0.1) is 24.7 Å². The second-order valence-corrected chi connectivity index (χ2v) is 6.54. The van der Waals surface area contributed by atoms with Gasteiger partial charge in [0, 0.05) is 12.3 Å². The van der Waals surface area contributed by atoms with Crippen LogP contribution in [0.2, 0.25) is 0 Å². The van der Waals surface area contributed by atoms with E-state index in [0.717, 1.165) is 6.07 Å². The molecule has 1 aliphatic rings. The Balaban J connectivity index is 2.61. The fraction of sp³-hybridized carbons (Fsp3) is 0.526. The normalized spacial score (nSPS) is 28.5. The summed E-state index contributed by atoms with van der Waals surface area (Å²) in [4.78, 5) is 37.6. The van der Waals surface area contributed by atoms with Crippen molar-refractivity contribution in [3.8, 4) is 0 Å². The van der Waals surface area contributed by atoms with Crippen LogP contribution in [-0.4, -0.2) is 41.6 Å². The Morgan fingerprint density at radius 3 is 2.42 bits per heavy atom. The van der Waals surface area contributed by atoms with Crippen molar-refractivity contribution in [1.82, 2.24) is 0 Å². The van der Waals surface area contributed by atoms with Gasteiger partial charge < -0.3 is 14.6 Å². The number of esters is 2. The summed E-state index contributed by atoms with van der Waals surface area (Å²) in [5.74, 6) is -6.28. The number of carbonyl (C=O) groups excluding carboxylic acids is 3. The first-order chi connectivity index (χ1) is 12.2. The highest BCUT2D eigenvalue weighted by Gasteiger charge is 2.57. The average Bonchev–Trinajstić information content (AvgIpc) is 2.53. The smallest absolute Gasteiger partial charge is 0.317 e. The monoisotopic (exact) mass is 366 g/mol. The zero-order chi connectivity index (χ0) is 19.5. The maximum atomic E-state index is 13.8. The summed E-state index contributed by atoms with van der Waals surface area (Å²) in [6, 6.07) is 5.30. The van der Waals surface area contributed by atoms with Gasteiger partial charge in [-0.2, -0.15) is 0 Å². The molecule has 0 bridgehead atoms. The number of hydrogen-bond donors (Lipinski definition) is 1. The molecule has 0 aliphatic heterocycles.